The molecule has 4 heterocycles. The van der Waals surface area contributed by atoms with Gasteiger partial charge in [-0.2, -0.15) is 15.2 Å². The number of hydrogen-bond donors (Lipinski definition) is 1. The number of fused-ring (bicyclic) bond motifs is 2. The Morgan fingerprint density at radius 2 is 2.00 bits per heavy atom. The minimum absolute atomic E-state index is 0.0782. The van der Waals surface area contributed by atoms with Gasteiger partial charge in [0.2, 0.25) is 5.91 Å². The van der Waals surface area contributed by atoms with Crippen LogP contribution in [0.1, 0.15) is 43.5 Å². The Hall–Kier alpha value is -4.27. The molecule has 0 aliphatic carbocycles. The Kier molecular flexibility index (Phi) is 9.85. The molecule has 3 aromatic rings. The van der Waals surface area contributed by atoms with E-state index in [0.29, 0.717) is 45.8 Å². The molecule has 11 heteroatoms. The molecule has 0 saturated carbocycles. The predicted molar refractivity (Wildman–Crippen MR) is 185 cm³/mol. The molecular formula is C37H46FN7O3. The molecule has 2 fully saturated rings. The summed E-state index contributed by atoms with van der Waals surface area (Å²) in [7, 11) is 1.96. The number of aromatic nitrogens is 2. The van der Waals surface area contributed by atoms with E-state index in [1.165, 1.54) is 34.2 Å². The van der Waals surface area contributed by atoms with E-state index in [0.717, 1.165) is 30.0 Å². The number of aryl methyl sites for hydroxylation is 1. The number of aliphatic hydroxyl groups is 1. The normalized spacial score (nSPS) is 23.8. The van der Waals surface area contributed by atoms with E-state index in [2.05, 4.69) is 71.0 Å². The number of piperazine rings is 1. The Morgan fingerprint density at radius 3 is 2.73 bits per heavy atom. The van der Waals surface area contributed by atoms with Gasteiger partial charge in [-0.15, -0.1) is 0 Å². The average molecular weight is 656 g/mol. The number of aliphatic hydroxyl groups excluding tert-OH is 1. The Bertz CT molecular complexity index is 1720. The van der Waals surface area contributed by atoms with Gasteiger partial charge in [-0.25, -0.2) is 4.39 Å². The van der Waals surface area contributed by atoms with E-state index in [1.807, 2.05) is 14.0 Å². The van der Waals surface area contributed by atoms with E-state index in [4.69, 9.17) is 14.7 Å². The summed E-state index contributed by atoms with van der Waals surface area (Å²) in [5.74, 6) is 0.632. The lowest BCUT2D eigenvalue weighted by molar-refractivity contribution is -0.132. The highest BCUT2D eigenvalue weighted by Crippen LogP contribution is 2.37. The van der Waals surface area contributed by atoms with Crippen LogP contribution in [0.25, 0.3) is 10.8 Å². The highest BCUT2D eigenvalue weighted by molar-refractivity contribution is 5.97. The van der Waals surface area contributed by atoms with E-state index >= 15 is 0 Å². The number of benzene rings is 2. The molecule has 1 aromatic heterocycles. The van der Waals surface area contributed by atoms with Gasteiger partial charge in [-0.1, -0.05) is 43.3 Å². The van der Waals surface area contributed by atoms with Gasteiger partial charge in [0.05, 0.1) is 43.5 Å². The molecule has 1 unspecified atom stereocenters. The van der Waals surface area contributed by atoms with Gasteiger partial charge in [0.1, 0.15) is 12.0 Å². The van der Waals surface area contributed by atoms with Crippen LogP contribution >= 0.6 is 0 Å². The van der Waals surface area contributed by atoms with E-state index < -0.39 is 11.7 Å². The van der Waals surface area contributed by atoms with Crippen molar-refractivity contribution in [3.8, 4) is 12.1 Å². The van der Waals surface area contributed by atoms with Gasteiger partial charge < -0.3 is 29.4 Å². The summed E-state index contributed by atoms with van der Waals surface area (Å²) in [6, 6.07) is 15.5. The summed E-state index contributed by atoms with van der Waals surface area (Å²) in [6.45, 7) is 9.43. The molecule has 1 N–H and O–H groups in total. The summed E-state index contributed by atoms with van der Waals surface area (Å²) in [4.78, 5) is 31.4. The third-order valence-electron chi connectivity index (χ3n) is 10.3. The van der Waals surface area contributed by atoms with Crippen LogP contribution in [0, 0.1) is 24.2 Å². The number of amides is 1. The number of rotatable bonds is 9. The van der Waals surface area contributed by atoms with Crippen molar-refractivity contribution in [1.82, 2.24) is 19.8 Å². The molecule has 10 nitrogen and oxygen atoms in total. The molecule has 2 aromatic carbocycles. The van der Waals surface area contributed by atoms with Crippen molar-refractivity contribution >= 4 is 28.2 Å². The molecule has 3 aliphatic heterocycles. The molecule has 2 saturated heterocycles. The topological polar surface area (TPSA) is 109 Å². The largest absolute Gasteiger partial charge is 0.463 e. The molecule has 0 radical (unpaired) electrons. The zero-order chi connectivity index (χ0) is 34.0. The summed E-state index contributed by atoms with van der Waals surface area (Å²) in [5.41, 5.74) is 3.57. The molecule has 6 rings (SSSR count). The lowest BCUT2D eigenvalue weighted by Gasteiger charge is -2.48. The lowest BCUT2D eigenvalue weighted by atomic mass is 9.91. The molecule has 0 bridgehead atoms. The molecule has 3 aliphatic rings. The summed E-state index contributed by atoms with van der Waals surface area (Å²) in [5, 5.41) is 21.5. The van der Waals surface area contributed by atoms with Gasteiger partial charge in [-0.05, 0) is 50.8 Å². The predicted octanol–water partition coefficient (Wildman–Crippen LogP) is 4.43. The fourth-order valence-electron chi connectivity index (χ4n) is 7.83. The zero-order valence-corrected chi connectivity index (χ0v) is 28.4. The fourth-order valence-corrected chi connectivity index (χ4v) is 7.83. The van der Waals surface area contributed by atoms with Crippen molar-refractivity contribution < 1.29 is 19.0 Å². The van der Waals surface area contributed by atoms with Crippen molar-refractivity contribution in [2.45, 2.75) is 64.3 Å². The van der Waals surface area contributed by atoms with Crippen molar-refractivity contribution in [2.75, 3.05) is 62.8 Å². The monoisotopic (exact) mass is 655 g/mol. The second-order valence-electron chi connectivity index (χ2n) is 13.8. The number of nitrogens with zero attached hydrogens (tertiary/aromatic N) is 7. The maximum Gasteiger partial charge on any atom is 0.318 e. The van der Waals surface area contributed by atoms with Gasteiger partial charge in [0, 0.05) is 67.4 Å². The number of anilines is 2. The smallest absolute Gasteiger partial charge is 0.318 e. The molecule has 1 amide bonds. The minimum atomic E-state index is -0.829. The van der Waals surface area contributed by atoms with E-state index in [1.54, 1.807) is 4.90 Å². The van der Waals surface area contributed by atoms with Crippen LogP contribution in [0.2, 0.25) is 0 Å². The molecule has 254 valence electrons. The standard InChI is InChI=1S/C37H46FN7O3/c1-25-8-5-9-27-10-6-11-31(34(25)27)43-16-13-29-30(22-43)40-36(48-23-26(2)32-20-28(38)21-42(32)4)41-35(29)44-17-18-45(33(47)12-7-19-46)37(3,24-44)14-15-39/h5-12,26,28,32,46H,13-14,16-24H2,1-4H3/b12-7+/t26-,28+,32?,37+/m0/s1. The zero-order valence-electron chi connectivity index (χ0n) is 28.4. The van der Waals surface area contributed by atoms with Crippen molar-refractivity contribution in [3.63, 3.8) is 0 Å². The number of alkyl halides is 1. The molecule has 0 spiro atoms. The van der Waals surface area contributed by atoms with Crippen molar-refractivity contribution in [2.24, 2.45) is 5.92 Å². The molecular weight excluding hydrogens is 609 g/mol. The maximum absolute atomic E-state index is 14.2. The number of nitriles is 1. The van der Waals surface area contributed by atoms with Crippen molar-refractivity contribution in [3.05, 3.63) is 65.4 Å². The first-order valence-electron chi connectivity index (χ1n) is 16.9. The van der Waals surface area contributed by atoms with Gasteiger partial charge in [-0.3, -0.25) is 4.79 Å². The third kappa shape index (κ3) is 6.69. The van der Waals surface area contributed by atoms with Crippen LogP contribution < -0.4 is 14.5 Å². The number of hydrogen-bond acceptors (Lipinski definition) is 9. The van der Waals surface area contributed by atoms with Crippen molar-refractivity contribution in [1.29, 1.82) is 5.26 Å². The number of halogens is 1. The summed E-state index contributed by atoms with van der Waals surface area (Å²) in [6.07, 6.45) is 3.33. The Labute approximate surface area is 282 Å². The number of carbonyl (C=O) groups is 1. The quantitative estimate of drug-likeness (QED) is 0.335. The van der Waals surface area contributed by atoms with E-state index in [9.17, 15) is 19.6 Å². The number of carbonyl (C=O) groups excluding carboxylic acids is 1. The van der Waals surface area contributed by atoms with Gasteiger partial charge >= 0.3 is 6.01 Å². The van der Waals surface area contributed by atoms with Gasteiger partial charge in [0.15, 0.2) is 0 Å². The highest BCUT2D eigenvalue weighted by atomic mass is 19.1. The van der Waals surface area contributed by atoms with Crippen LogP contribution in [-0.2, 0) is 17.8 Å². The Balaban J connectivity index is 1.33. The SMILES string of the molecule is Cc1cccc2cccc(N3CCc4c(nc(OC[C@H](C)C5C[C@@H](F)CN5C)nc4N4CCN(C(=O)/C=C/CO)[C@](C)(CC#N)C4)C3)c12. The first kappa shape index (κ1) is 33.6. The highest BCUT2D eigenvalue weighted by Gasteiger charge is 2.41. The van der Waals surface area contributed by atoms with E-state index in [-0.39, 0.29) is 36.9 Å². The second kappa shape index (κ2) is 14.1. The van der Waals surface area contributed by atoms with Crippen LogP contribution in [-0.4, -0.2) is 102 Å². The maximum atomic E-state index is 14.2. The summed E-state index contributed by atoms with van der Waals surface area (Å²) >= 11 is 0. The molecule has 4 atom stereocenters. The number of likely N-dealkylation sites (tertiary alicyclic amines) is 1. The third-order valence-corrected chi connectivity index (χ3v) is 10.3. The minimum Gasteiger partial charge on any atom is -0.463 e. The molecule has 48 heavy (non-hydrogen) atoms. The van der Waals surface area contributed by atoms with Gasteiger partial charge in [0.25, 0.3) is 0 Å². The average Bonchev–Trinajstić information content (AvgIpc) is 3.42. The lowest BCUT2D eigenvalue weighted by Crippen LogP contribution is -2.62. The Morgan fingerprint density at radius 1 is 1.21 bits per heavy atom. The second-order valence-corrected chi connectivity index (χ2v) is 13.8. The van der Waals surface area contributed by atoms with Crippen LogP contribution in [0.5, 0.6) is 6.01 Å². The first-order valence-corrected chi connectivity index (χ1v) is 16.9. The fraction of sp³-hybridized carbons (Fsp3) is 0.514. The van der Waals surface area contributed by atoms with Crippen LogP contribution in [0.15, 0.2) is 48.6 Å². The van der Waals surface area contributed by atoms with Crippen LogP contribution in [0.4, 0.5) is 15.9 Å². The number of ether oxygens (including phenoxy) is 1. The first-order chi connectivity index (χ1) is 23.1. The van der Waals surface area contributed by atoms with Crippen LogP contribution in [0.3, 0.4) is 0 Å². The summed E-state index contributed by atoms with van der Waals surface area (Å²) < 4.78 is 20.5.